The number of hydrogen-bond donors (Lipinski definition) is 1. The summed E-state index contributed by atoms with van der Waals surface area (Å²) in [6.45, 7) is 1.94. The zero-order valence-corrected chi connectivity index (χ0v) is 11.4. The summed E-state index contributed by atoms with van der Waals surface area (Å²) in [5.74, 6) is 1.43. The highest BCUT2D eigenvalue weighted by atomic mass is 14.9. The van der Waals surface area contributed by atoms with E-state index < -0.39 is 0 Å². The summed E-state index contributed by atoms with van der Waals surface area (Å²) in [4.78, 5) is 9.12. The van der Waals surface area contributed by atoms with Gasteiger partial charge < -0.3 is 5.73 Å². The van der Waals surface area contributed by atoms with Crippen LogP contribution >= 0.6 is 0 Å². The molecule has 1 heterocycles. The predicted molar refractivity (Wildman–Crippen MR) is 76.8 cm³/mol. The lowest BCUT2D eigenvalue weighted by Gasteiger charge is -2.13. The predicted octanol–water partition coefficient (Wildman–Crippen LogP) is 2.91. The molecule has 100 valence electrons. The molecule has 0 spiro atoms. The van der Waals surface area contributed by atoms with E-state index in [9.17, 15) is 0 Å². The Morgan fingerprint density at radius 3 is 2.55 bits per heavy atom. The molecule has 1 aliphatic carbocycles. The Hall–Kier alpha value is -2.25. The summed E-state index contributed by atoms with van der Waals surface area (Å²) in [5, 5.41) is 8.85. The monoisotopic (exact) mass is 264 g/mol. The molecule has 4 heteroatoms. The van der Waals surface area contributed by atoms with E-state index >= 15 is 0 Å². The third-order valence-electron chi connectivity index (χ3n) is 3.54. The molecular weight excluding hydrogens is 248 g/mol. The van der Waals surface area contributed by atoms with Crippen LogP contribution < -0.4 is 5.73 Å². The molecule has 0 aliphatic heterocycles. The fourth-order valence-electron chi connectivity index (χ4n) is 2.24. The van der Waals surface area contributed by atoms with Gasteiger partial charge in [-0.25, -0.2) is 9.97 Å². The van der Waals surface area contributed by atoms with Gasteiger partial charge in [-0.1, -0.05) is 12.1 Å². The second-order valence-corrected chi connectivity index (χ2v) is 5.28. The molecule has 3 rings (SSSR count). The minimum Gasteiger partial charge on any atom is -0.323 e. The van der Waals surface area contributed by atoms with Crippen LogP contribution in [0.4, 0.5) is 0 Å². The van der Waals surface area contributed by atoms with Crippen LogP contribution in [0.15, 0.2) is 30.5 Å². The highest BCUT2D eigenvalue weighted by Gasteiger charge is 2.27. The summed E-state index contributed by atoms with van der Waals surface area (Å²) in [7, 11) is 0. The van der Waals surface area contributed by atoms with Crippen molar-refractivity contribution in [2.75, 3.05) is 0 Å². The Kier molecular flexibility index (Phi) is 3.21. The van der Waals surface area contributed by atoms with Gasteiger partial charge in [-0.15, -0.1) is 0 Å². The summed E-state index contributed by atoms with van der Waals surface area (Å²) in [6, 6.07) is 9.42. The van der Waals surface area contributed by atoms with Crippen LogP contribution in [0.1, 0.15) is 48.8 Å². The third-order valence-corrected chi connectivity index (χ3v) is 3.54. The average Bonchev–Trinajstić information content (AvgIpc) is 3.31. The van der Waals surface area contributed by atoms with Crippen molar-refractivity contribution in [3.05, 3.63) is 47.5 Å². The van der Waals surface area contributed by atoms with Gasteiger partial charge in [0.2, 0.25) is 0 Å². The van der Waals surface area contributed by atoms with Crippen molar-refractivity contribution in [1.82, 2.24) is 9.97 Å². The number of hydrogen-bond acceptors (Lipinski definition) is 4. The lowest BCUT2D eigenvalue weighted by atomic mass is 10.0. The Balaban J connectivity index is 2.04. The molecular formula is C16H16N4. The molecule has 0 bridgehead atoms. The van der Waals surface area contributed by atoms with E-state index in [2.05, 4.69) is 16.0 Å². The van der Waals surface area contributed by atoms with Gasteiger partial charge in [0.05, 0.1) is 17.3 Å². The highest BCUT2D eigenvalue weighted by Crippen LogP contribution is 2.39. The van der Waals surface area contributed by atoms with Crippen molar-refractivity contribution < 1.29 is 0 Å². The summed E-state index contributed by atoms with van der Waals surface area (Å²) in [5.41, 5.74) is 9.53. The number of benzene rings is 1. The van der Waals surface area contributed by atoms with Crippen LogP contribution in [0.2, 0.25) is 0 Å². The minimum absolute atomic E-state index is 0.138. The van der Waals surface area contributed by atoms with Crippen molar-refractivity contribution in [2.45, 2.75) is 31.7 Å². The summed E-state index contributed by atoms with van der Waals surface area (Å²) >= 11 is 0. The molecule has 2 N–H and O–H groups in total. The molecule has 20 heavy (non-hydrogen) atoms. The average molecular weight is 264 g/mol. The van der Waals surface area contributed by atoms with Gasteiger partial charge in [0.25, 0.3) is 0 Å². The minimum atomic E-state index is -0.138. The van der Waals surface area contributed by atoms with E-state index in [0.29, 0.717) is 11.5 Å². The molecule has 2 aromatic rings. The Labute approximate surface area is 118 Å². The standard InChI is InChI=1S/C16H16N4/c1-10(18)15-14(9-19-16(20-15)13-6-7-13)12-4-2-11(8-17)3-5-12/h2-5,9-10,13H,6-7,18H2,1H3/t10-/m0/s1. The van der Waals surface area contributed by atoms with Crippen LogP contribution in [0.25, 0.3) is 11.1 Å². The van der Waals surface area contributed by atoms with Crippen LogP contribution in [-0.4, -0.2) is 9.97 Å². The van der Waals surface area contributed by atoms with E-state index in [1.54, 1.807) is 12.1 Å². The fraction of sp³-hybridized carbons (Fsp3) is 0.312. The molecule has 1 saturated carbocycles. The second kappa shape index (κ2) is 5.03. The van der Waals surface area contributed by atoms with Gasteiger partial charge in [0, 0.05) is 23.7 Å². The van der Waals surface area contributed by atoms with Crippen LogP contribution in [-0.2, 0) is 0 Å². The second-order valence-electron chi connectivity index (χ2n) is 5.28. The molecule has 1 aromatic carbocycles. The molecule has 1 aliphatic rings. The quantitative estimate of drug-likeness (QED) is 0.924. The first-order valence-electron chi connectivity index (χ1n) is 6.82. The maximum absolute atomic E-state index is 8.85. The largest absolute Gasteiger partial charge is 0.323 e. The third kappa shape index (κ3) is 2.40. The van der Waals surface area contributed by atoms with Crippen molar-refractivity contribution in [1.29, 1.82) is 5.26 Å². The van der Waals surface area contributed by atoms with Gasteiger partial charge in [-0.3, -0.25) is 0 Å². The highest BCUT2D eigenvalue weighted by molar-refractivity contribution is 5.66. The molecule has 0 amide bonds. The van der Waals surface area contributed by atoms with Crippen molar-refractivity contribution in [3.63, 3.8) is 0 Å². The lowest BCUT2D eigenvalue weighted by molar-refractivity contribution is 0.756. The Bertz CT molecular complexity index is 664. The first-order chi connectivity index (χ1) is 9.69. The van der Waals surface area contributed by atoms with Gasteiger partial charge in [-0.05, 0) is 37.5 Å². The molecule has 0 radical (unpaired) electrons. The van der Waals surface area contributed by atoms with Crippen molar-refractivity contribution in [2.24, 2.45) is 5.73 Å². The number of nitriles is 1. The van der Waals surface area contributed by atoms with Crippen molar-refractivity contribution in [3.8, 4) is 17.2 Å². The van der Waals surface area contributed by atoms with Gasteiger partial charge in [0.15, 0.2) is 0 Å². The van der Waals surface area contributed by atoms with E-state index in [0.717, 1.165) is 22.6 Å². The molecule has 1 atom stereocenters. The van der Waals surface area contributed by atoms with Crippen LogP contribution in [0, 0.1) is 11.3 Å². The molecule has 4 nitrogen and oxygen atoms in total. The SMILES string of the molecule is C[C@H](N)c1nc(C2CC2)ncc1-c1ccc(C#N)cc1. The first kappa shape index (κ1) is 12.8. The van der Waals surface area contributed by atoms with E-state index in [1.807, 2.05) is 25.3 Å². The topological polar surface area (TPSA) is 75.6 Å². The number of nitrogens with zero attached hydrogens (tertiary/aromatic N) is 3. The Morgan fingerprint density at radius 2 is 2.00 bits per heavy atom. The fourth-order valence-corrected chi connectivity index (χ4v) is 2.24. The van der Waals surface area contributed by atoms with Gasteiger partial charge in [-0.2, -0.15) is 5.26 Å². The van der Waals surface area contributed by atoms with Crippen LogP contribution in [0.3, 0.4) is 0 Å². The van der Waals surface area contributed by atoms with Crippen molar-refractivity contribution >= 4 is 0 Å². The van der Waals surface area contributed by atoms with E-state index in [1.165, 1.54) is 12.8 Å². The maximum Gasteiger partial charge on any atom is 0.131 e. The maximum atomic E-state index is 8.85. The number of aromatic nitrogens is 2. The summed E-state index contributed by atoms with van der Waals surface area (Å²) < 4.78 is 0. The number of nitrogens with two attached hydrogens (primary N) is 1. The smallest absolute Gasteiger partial charge is 0.131 e. The van der Waals surface area contributed by atoms with E-state index in [-0.39, 0.29) is 6.04 Å². The normalized spacial score (nSPS) is 15.7. The molecule has 1 fully saturated rings. The van der Waals surface area contributed by atoms with Crippen LogP contribution in [0.5, 0.6) is 0 Å². The molecule has 0 unspecified atom stereocenters. The molecule has 0 saturated heterocycles. The molecule has 1 aromatic heterocycles. The number of rotatable bonds is 3. The van der Waals surface area contributed by atoms with Gasteiger partial charge >= 0.3 is 0 Å². The zero-order chi connectivity index (χ0) is 14.1. The van der Waals surface area contributed by atoms with Gasteiger partial charge in [0.1, 0.15) is 5.82 Å². The lowest BCUT2D eigenvalue weighted by Crippen LogP contribution is -2.11. The first-order valence-corrected chi connectivity index (χ1v) is 6.82. The Morgan fingerprint density at radius 1 is 1.30 bits per heavy atom. The summed E-state index contributed by atoms with van der Waals surface area (Å²) in [6.07, 6.45) is 4.21. The zero-order valence-electron chi connectivity index (χ0n) is 11.4. The van der Waals surface area contributed by atoms with E-state index in [4.69, 9.17) is 11.0 Å².